The van der Waals surface area contributed by atoms with Crippen LogP contribution in [0.3, 0.4) is 0 Å². The Kier molecular flexibility index (Phi) is 3.19. The maximum atomic E-state index is 6.17. The summed E-state index contributed by atoms with van der Waals surface area (Å²) in [6.45, 7) is 0. The number of halogens is 2. The zero-order valence-electron chi connectivity index (χ0n) is 9.66. The Bertz CT molecular complexity index is 710. The van der Waals surface area contributed by atoms with Crippen LogP contribution in [-0.2, 0) is 0 Å². The van der Waals surface area contributed by atoms with Gasteiger partial charge in [-0.3, -0.25) is 9.55 Å². The number of benzene rings is 1. The molecule has 0 fully saturated rings. The summed E-state index contributed by atoms with van der Waals surface area (Å²) in [5.41, 5.74) is 1.52. The molecule has 0 aliphatic carbocycles. The molecule has 19 heavy (non-hydrogen) atoms. The van der Waals surface area contributed by atoms with Crippen molar-refractivity contribution < 1.29 is 0 Å². The van der Waals surface area contributed by atoms with Gasteiger partial charge >= 0.3 is 0 Å². The number of hydrogen-bond donors (Lipinski definition) is 0. The minimum Gasteiger partial charge on any atom is -0.289 e. The van der Waals surface area contributed by atoms with Gasteiger partial charge in [0.2, 0.25) is 0 Å². The molecule has 0 amide bonds. The molecule has 0 aliphatic rings. The number of aromatic nitrogens is 4. The van der Waals surface area contributed by atoms with E-state index in [2.05, 4.69) is 15.0 Å². The summed E-state index contributed by atoms with van der Waals surface area (Å²) in [6.07, 6.45) is 8.40. The average Bonchev–Trinajstić information content (AvgIpc) is 2.92. The molecule has 2 heterocycles. The summed E-state index contributed by atoms with van der Waals surface area (Å²) in [6, 6.07) is 5.45. The van der Waals surface area contributed by atoms with Gasteiger partial charge in [0.05, 0.1) is 21.9 Å². The van der Waals surface area contributed by atoms with E-state index in [0.29, 0.717) is 15.9 Å². The van der Waals surface area contributed by atoms with Crippen LogP contribution in [0.5, 0.6) is 0 Å². The summed E-state index contributed by atoms with van der Waals surface area (Å²) < 4.78 is 1.78. The fourth-order valence-corrected chi connectivity index (χ4v) is 2.11. The third kappa shape index (κ3) is 2.32. The first-order valence-electron chi connectivity index (χ1n) is 5.50. The maximum absolute atomic E-state index is 6.17. The summed E-state index contributed by atoms with van der Waals surface area (Å²) in [5.74, 6) is 0.694. The van der Waals surface area contributed by atoms with Gasteiger partial charge in [-0.1, -0.05) is 35.3 Å². The standard InChI is InChI=1S/C13H8Cl2N4/c14-10-3-1-2-9(13(10)15)11-7-19(8-18-11)12-6-16-4-5-17-12/h1-8H. The Morgan fingerprint density at radius 3 is 2.74 bits per heavy atom. The molecule has 0 unspecified atom stereocenters. The third-order valence-corrected chi connectivity index (χ3v) is 3.44. The van der Waals surface area contributed by atoms with Gasteiger partial charge in [-0.2, -0.15) is 0 Å². The molecule has 94 valence electrons. The van der Waals surface area contributed by atoms with Crippen LogP contribution in [0.1, 0.15) is 0 Å². The highest BCUT2D eigenvalue weighted by atomic mass is 35.5. The quantitative estimate of drug-likeness (QED) is 0.724. The van der Waals surface area contributed by atoms with Crippen LogP contribution in [0.25, 0.3) is 17.1 Å². The lowest BCUT2D eigenvalue weighted by Gasteiger charge is -2.02. The molecule has 0 saturated carbocycles. The molecule has 0 radical (unpaired) electrons. The fourth-order valence-electron chi connectivity index (χ4n) is 1.71. The fraction of sp³-hybridized carbons (Fsp3) is 0. The Balaban J connectivity index is 2.05. The van der Waals surface area contributed by atoms with Crippen LogP contribution in [0, 0.1) is 0 Å². The SMILES string of the molecule is Clc1cccc(-c2cn(-c3cnccn3)cn2)c1Cl. The van der Waals surface area contributed by atoms with Crippen LogP contribution >= 0.6 is 23.2 Å². The van der Waals surface area contributed by atoms with Gasteiger partial charge in [0.15, 0.2) is 5.82 Å². The maximum Gasteiger partial charge on any atom is 0.156 e. The summed E-state index contributed by atoms with van der Waals surface area (Å²) >= 11 is 12.2. The first kappa shape index (κ1) is 12.1. The highest BCUT2D eigenvalue weighted by Gasteiger charge is 2.10. The monoisotopic (exact) mass is 290 g/mol. The van der Waals surface area contributed by atoms with Crippen LogP contribution in [0.15, 0.2) is 49.3 Å². The van der Waals surface area contributed by atoms with Crippen molar-refractivity contribution in [2.75, 3.05) is 0 Å². The van der Waals surface area contributed by atoms with E-state index >= 15 is 0 Å². The normalized spacial score (nSPS) is 10.6. The van der Waals surface area contributed by atoms with E-state index in [4.69, 9.17) is 23.2 Å². The van der Waals surface area contributed by atoms with E-state index < -0.39 is 0 Å². The molecule has 0 N–H and O–H groups in total. The summed E-state index contributed by atoms with van der Waals surface area (Å²) in [7, 11) is 0. The van der Waals surface area contributed by atoms with Gasteiger partial charge in [-0.25, -0.2) is 9.97 Å². The number of hydrogen-bond acceptors (Lipinski definition) is 3. The number of imidazole rings is 1. The van der Waals surface area contributed by atoms with E-state index in [1.807, 2.05) is 18.3 Å². The molecular weight excluding hydrogens is 283 g/mol. The van der Waals surface area contributed by atoms with Crippen LogP contribution in [0.2, 0.25) is 10.0 Å². The second-order valence-corrected chi connectivity index (χ2v) is 4.62. The molecule has 2 aromatic heterocycles. The minimum absolute atomic E-state index is 0.494. The summed E-state index contributed by atoms with van der Waals surface area (Å²) in [5, 5.41) is 1.00. The van der Waals surface area contributed by atoms with Crippen molar-refractivity contribution in [1.82, 2.24) is 19.5 Å². The van der Waals surface area contributed by atoms with Gasteiger partial charge in [0.25, 0.3) is 0 Å². The molecular formula is C13H8Cl2N4. The third-order valence-electron chi connectivity index (χ3n) is 2.62. The molecule has 0 saturated heterocycles. The molecule has 0 atom stereocenters. The zero-order valence-corrected chi connectivity index (χ0v) is 11.2. The second kappa shape index (κ2) is 4.99. The van der Waals surface area contributed by atoms with Gasteiger partial charge in [0, 0.05) is 24.2 Å². The summed E-state index contributed by atoms with van der Waals surface area (Å²) in [4.78, 5) is 12.5. The van der Waals surface area contributed by atoms with Crippen LogP contribution in [0.4, 0.5) is 0 Å². The zero-order chi connectivity index (χ0) is 13.2. The lowest BCUT2D eigenvalue weighted by molar-refractivity contribution is 0.970. The number of nitrogens with zero attached hydrogens (tertiary/aromatic N) is 4. The topological polar surface area (TPSA) is 43.6 Å². The van der Waals surface area contributed by atoms with E-state index in [-0.39, 0.29) is 0 Å². The molecule has 0 aliphatic heterocycles. The van der Waals surface area contributed by atoms with Gasteiger partial charge in [-0.15, -0.1) is 0 Å². The second-order valence-electron chi connectivity index (χ2n) is 3.83. The van der Waals surface area contributed by atoms with E-state index in [9.17, 15) is 0 Å². The molecule has 0 spiro atoms. The van der Waals surface area contributed by atoms with E-state index in [1.54, 1.807) is 35.6 Å². The first-order chi connectivity index (χ1) is 9.25. The van der Waals surface area contributed by atoms with Crippen molar-refractivity contribution in [2.24, 2.45) is 0 Å². The average molecular weight is 291 g/mol. The van der Waals surface area contributed by atoms with Gasteiger partial charge in [-0.05, 0) is 6.07 Å². The Morgan fingerprint density at radius 1 is 1.05 bits per heavy atom. The molecule has 1 aromatic carbocycles. The smallest absolute Gasteiger partial charge is 0.156 e. The van der Waals surface area contributed by atoms with E-state index in [0.717, 1.165) is 11.3 Å². The van der Waals surface area contributed by atoms with Crippen molar-refractivity contribution in [2.45, 2.75) is 0 Å². The highest BCUT2D eigenvalue weighted by Crippen LogP contribution is 2.32. The first-order valence-corrected chi connectivity index (χ1v) is 6.26. The Morgan fingerprint density at radius 2 is 1.95 bits per heavy atom. The number of rotatable bonds is 2. The molecule has 0 bridgehead atoms. The lowest BCUT2D eigenvalue weighted by atomic mass is 10.2. The van der Waals surface area contributed by atoms with Crippen molar-refractivity contribution in [3.8, 4) is 17.1 Å². The van der Waals surface area contributed by atoms with Gasteiger partial charge < -0.3 is 0 Å². The lowest BCUT2D eigenvalue weighted by Crippen LogP contribution is -1.93. The molecule has 6 heteroatoms. The van der Waals surface area contributed by atoms with Crippen molar-refractivity contribution in [1.29, 1.82) is 0 Å². The van der Waals surface area contributed by atoms with Crippen molar-refractivity contribution in [3.63, 3.8) is 0 Å². The predicted molar refractivity (Wildman–Crippen MR) is 74.6 cm³/mol. The largest absolute Gasteiger partial charge is 0.289 e. The highest BCUT2D eigenvalue weighted by molar-refractivity contribution is 6.43. The van der Waals surface area contributed by atoms with Crippen molar-refractivity contribution in [3.05, 3.63) is 59.4 Å². The minimum atomic E-state index is 0.494. The Hall–Kier alpha value is -1.91. The van der Waals surface area contributed by atoms with E-state index in [1.165, 1.54) is 0 Å². The van der Waals surface area contributed by atoms with Gasteiger partial charge in [0.1, 0.15) is 6.33 Å². The van der Waals surface area contributed by atoms with Crippen LogP contribution in [-0.4, -0.2) is 19.5 Å². The Labute approximate surface area is 119 Å². The molecule has 4 nitrogen and oxygen atoms in total. The molecule has 3 aromatic rings. The predicted octanol–water partition coefficient (Wildman–Crippen LogP) is 3.64. The van der Waals surface area contributed by atoms with Crippen molar-refractivity contribution >= 4 is 23.2 Å². The molecule has 3 rings (SSSR count). The van der Waals surface area contributed by atoms with Crippen LogP contribution < -0.4 is 0 Å².